The number of hydrogen-bond donors (Lipinski definition) is 1. The lowest BCUT2D eigenvalue weighted by molar-refractivity contribution is -0.138. The minimum absolute atomic E-state index is 0.0837. The number of nitrogens with zero attached hydrogens (tertiary/aromatic N) is 3. The van der Waals surface area contributed by atoms with Gasteiger partial charge in [-0.05, 0) is 43.0 Å². The molecule has 1 atom stereocenters. The summed E-state index contributed by atoms with van der Waals surface area (Å²) in [6.45, 7) is 7.77. The molecule has 3 aromatic rings. The quantitative estimate of drug-likeness (QED) is 0.158. The van der Waals surface area contributed by atoms with E-state index in [4.69, 9.17) is 37.8 Å². The second-order valence-electron chi connectivity index (χ2n) is 7.76. The number of thioether (sulfide) groups is 1. The lowest BCUT2D eigenvalue weighted by atomic mass is 9.95. The highest BCUT2D eigenvalue weighted by Gasteiger charge is 2.37. The second-order valence-corrected chi connectivity index (χ2v) is 10.7. The van der Waals surface area contributed by atoms with Crippen LogP contribution in [0, 0.1) is 0 Å². The van der Waals surface area contributed by atoms with E-state index in [9.17, 15) is 4.79 Å². The van der Waals surface area contributed by atoms with E-state index < -0.39 is 12.0 Å². The van der Waals surface area contributed by atoms with Gasteiger partial charge in [-0.15, -0.1) is 5.10 Å². The molecule has 11 heteroatoms. The molecule has 1 unspecified atom stereocenters. The minimum Gasteiger partial charge on any atom is -0.488 e. The standard InChI is InChI=1S/C25H23BrCl2N4O3S/c1-4-10-34-23(33)21-14(3)29-24-30-25(36-5-2)31-32(24)22(21)18-11-16(26)7-9-20(18)35-13-15-6-8-17(27)12-19(15)28/h4,6-9,11-12,22H,1,5,10,13H2,2-3H3,(H,29,30,31). The summed E-state index contributed by atoms with van der Waals surface area (Å²) < 4.78 is 14.2. The molecular formula is C25H23BrCl2N4O3S. The molecule has 1 aliphatic heterocycles. The van der Waals surface area contributed by atoms with Gasteiger partial charge in [0.2, 0.25) is 11.1 Å². The third-order valence-corrected chi connectivity index (χ3v) is 7.12. The summed E-state index contributed by atoms with van der Waals surface area (Å²) in [4.78, 5) is 17.8. The first-order valence-electron chi connectivity index (χ1n) is 11.0. The first-order chi connectivity index (χ1) is 17.3. The first kappa shape index (κ1) is 26.6. The zero-order valence-electron chi connectivity index (χ0n) is 19.6. The maximum Gasteiger partial charge on any atom is 0.338 e. The molecule has 2 aromatic carbocycles. The number of hydrogen-bond acceptors (Lipinski definition) is 7. The van der Waals surface area contributed by atoms with E-state index >= 15 is 0 Å². The number of nitrogens with one attached hydrogen (secondary N) is 1. The highest BCUT2D eigenvalue weighted by atomic mass is 79.9. The summed E-state index contributed by atoms with van der Waals surface area (Å²) in [5, 5.41) is 9.55. The van der Waals surface area contributed by atoms with Crippen molar-refractivity contribution in [1.82, 2.24) is 14.8 Å². The summed E-state index contributed by atoms with van der Waals surface area (Å²) in [6, 6.07) is 10.2. The zero-order chi connectivity index (χ0) is 25.8. The molecule has 7 nitrogen and oxygen atoms in total. The van der Waals surface area contributed by atoms with E-state index in [1.54, 1.807) is 16.8 Å². The Labute approximate surface area is 232 Å². The number of aromatic nitrogens is 3. The Morgan fingerprint density at radius 3 is 2.83 bits per heavy atom. The van der Waals surface area contributed by atoms with E-state index in [2.05, 4.69) is 32.8 Å². The Morgan fingerprint density at radius 1 is 1.31 bits per heavy atom. The van der Waals surface area contributed by atoms with Crippen LogP contribution in [0.5, 0.6) is 5.75 Å². The Bertz CT molecular complexity index is 1340. The number of fused-ring (bicyclic) bond motifs is 1. The van der Waals surface area contributed by atoms with E-state index in [-0.39, 0.29) is 13.2 Å². The number of allylic oxidation sites excluding steroid dienone is 1. The largest absolute Gasteiger partial charge is 0.488 e. The van der Waals surface area contributed by atoms with Crippen LogP contribution in [0.15, 0.2) is 70.0 Å². The number of ether oxygens (including phenoxy) is 2. The van der Waals surface area contributed by atoms with Gasteiger partial charge >= 0.3 is 5.97 Å². The maximum atomic E-state index is 13.2. The fourth-order valence-corrected chi connectivity index (χ4v) is 5.14. The fraction of sp³-hybridized carbons (Fsp3) is 0.240. The number of carbonyl (C=O) groups is 1. The molecule has 2 heterocycles. The fourth-order valence-electron chi connectivity index (χ4n) is 3.74. The molecule has 1 aliphatic rings. The maximum absolute atomic E-state index is 13.2. The van der Waals surface area contributed by atoms with E-state index in [0.29, 0.717) is 43.7 Å². The zero-order valence-corrected chi connectivity index (χ0v) is 23.5. The van der Waals surface area contributed by atoms with Crippen molar-refractivity contribution in [3.63, 3.8) is 0 Å². The molecule has 0 bridgehead atoms. The first-order valence-corrected chi connectivity index (χ1v) is 13.6. The molecule has 0 fully saturated rings. The summed E-state index contributed by atoms with van der Waals surface area (Å²) >= 11 is 17.5. The molecule has 0 saturated heterocycles. The van der Waals surface area contributed by atoms with Gasteiger partial charge in [0.15, 0.2) is 0 Å². The molecule has 1 N–H and O–H groups in total. The van der Waals surface area contributed by atoms with E-state index in [1.807, 2.05) is 38.1 Å². The predicted molar refractivity (Wildman–Crippen MR) is 147 cm³/mol. The molecule has 0 spiro atoms. The molecule has 36 heavy (non-hydrogen) atoms. The van der Waals surface area contributed by atoms with Crippen LogP contribution >= 0.6 is 50.9 Å². The third-order valence-electron chi connectivity index (χ3n) is 5.32. The summed E-state index contributed by atoms with van der Waals surface area (Å²) in [5.41, 5.74) is 2.50. The van der Waals surface area contributed by atoms with Crippen molar-refractivity contribution in [2.24, 2.45) is 0 Å². The number of halogens is 3. The van der Waals surface area contributed by atoms with Crippen molar-refractivity contribution in [1.29, 1.82) is 0 Å². The average Bonchev–Trinajstić information content (AvgIpc) is 3.23. The lowest BCUT2D eigenvalue weighted by Crippen LogP contribution is -2.30. The van der Waals surface area contributed by atoms with Gasteiger partial charge in [0.1, 0.15) is 25.0 Å². The van der Waals surface area contributed by atoms with Crippen LogP contribution in [-0.2, 0) is 16.1 Å². The minimum atomic E-state index is -0.648. The molecule has 4 rings (SSSR count). The normalized spacial score (nSPS) is 14.8. The van der Waals surface area contributed by atoms with Crippen LogP contribution in [0.3, 0.4) is 0 Å². The molecule has 0 amide bonds. The average molecular weight is 610 g/mol. The number of carbonyl (C=O) groups excluding carboxylic acids is 1. The Hall–Kier alpha value is -2.46. The second kappa shape index (κ2) is 11.7. The molecular weight excluding hydrogens is 587 g/mol. The van der Waals surface area contributed by atoms with Gasteiger partial charge in [-0.2, -0.15) is 4.98 Å². The molecule has 1 aromatic heterocycles. The van der Waals surface area contributed by atoms with Crippen molar-refractivity contribution in [3.8, 4) is 5.75 Å². The monoisotopic (exact) mass is 608 g/mol. The molecule has 0 aliphatic carbocycles. The van der Waals surface area contributed by atoms with Gasteiger partial charge in [0.25, 0.3) is 0 Å². The van der Waals surface area contributed by atoms with Crippen molar-refractivity contribution in [2.45, 2.75) is 31.7 Å². The number of benzene rings is 2. The lowest BCUT2D eigenvalue weighted by Gasteiger charge is -2.29. The number of esters is 1. The Balaban J connectivity index is 1.80. The van der Waals surface area contributed by atoms with Crippen LogP contribution in [0.4, 0.5) is 5.95 Å². The van der Waals surface area contributed by atoms with Gasteiger partial charge in [0, 0.05) is 31.3 Å². The Morgan fingerprint density at radius 2 is 2.11 bits per heavy atom. The van der Waals surface area contributed by atoms with Crippen molar-refractivity contribution in [3.05, 3.63) is 86.0 Å². The van der Waals surface area contributed by atoms with Gasteiger partial charge in [0.05, 0.1) is 5.57 Å². The highest BCUT2D eigenvalue weighted by Crippen LogP contribution is 2.41. The summed E-state index contributed by atoms with van der Waals surface area (Å²) in [6.07, 6.45) is 1.53. The SMILES string of the molecule is C=CCOC(=O)C1=C(C)Nc2nc(SCC)nn2C1c1cc(Br)ccc1OCc1ccc(Cl)cc1Cl. The Kier molecular flexibility index (Phi) is 8.66. The number of anilines is 1. The smallest absolute Gasteiger partial charge is 0.338 e. The van der Waals surface area contributed by atoms with Gasteiger partial charge in [-0.3, -0.25) is 0 Å². The third kappa shape index (κ3) is 5.75. The molecule has 0 saturated carbocycles. The van der Waals surface area contributed by atoms with Gasteiger partial charge in [-0.1, -0.05) is 76.5 Å². The van der Waals surface area contributed by atoms with Crippen LogP contribution in [0.2, 0.25) is 10.0 Å². The van der Waals surface area contributed by atoms with Crippen LogP contribution in [0.1, 0.15) is 31.0 Å². The summed E-state index contributed by atoms with van der Waals surface area (Å²) in [5.74, 6) is 1.41. The van der Waals surface area contributed by atoms with Crippen LogP contribution in [-0.4, -0.2) is 33.1 Å². The number of rotatable bonds is 9. The van der Waals surface area contributed by atoms with E-state index in [1.165, 1.54) is 17.8 Å². The van der Waals surface area contributed by atoms with Crippen molar-refractivity contribution in [2.75, 3.05) is 17.7 Å². The van der Waals surface area contributed by atoms with Crippen molar-refractivity contribution < 1.29 is 14.3 Å². The van der Waals surface area contributed by atoms with E-state index in [0.717, 1.165) is 15.8 Å². The topological polar surface area (TPSA) is 78.3 Å². The molecule has 0 radical (unpaired) electrons. The van der Waals surface area contributed by atoms with Crippen molar-refractivity contribution >= 4 is 62.8 Å². The predicted octanol–water partition coefficient (Wildman–Crippen LogP) is 7.06. The van der Waals surface area contributed by atoms with Gasteiger partial charge in [-0.25, -0.2) is 9.48 Å². The molecule has 188 valence electrons. The van der Waals surface area contributed by atoms with Crippen LogP contribution < -0.4 is 10.1 Å². The van der Waals surface area contributed by atoms with Crippen LogP contribution in [0.25, 0.3) is 0 Å². The summed E-state index contributed by atoms with van der Waals surface area (Å²) in [7, 11) is 0. The highest BCUT2D eigenvalue weighted by molar-refractivity contribution is 9.10. The van der Waals surface area contributed by atoms with Gasteiger partial charge < -0.3 is 14.8 Å².